The Bertz CT molecular complexity index is 362. The lowest BCUT2D eigenvalue weighted by atomic mass is 10.2. The Labute approximate surface area is 90.0 Å². The SMILES string of the molecule is CC(C)=CCNc1ccc(C(N)=O)cc1. The van der Waals surface area contributed by atoms with Crippen molar-refractivity contribution in [3.63, 3.8) is 0 Å². The van der Waals surface area contributed by atoms with Gasteiger partial charge in [-0.3, -0.25) is 4.79 Å². The summed E-state index contributed by atoms with van der Waals surface area (Å²) in [5.74, 6) is -0.397. The first-order valence-corrected chi connectivity index (χ1v) is 4.86. The molecule has 0 atom stereocenters. The summed E-state index contributed by atoms with van der Waals surface area (Å²) in [7, 11) is 0. The second-order valence-electron chi connectivity index (χ2n) is 3.60. The molecule has 1 amide bonds. The van der Waals surface area contributed by atoms with Crippen LogP contribution in [0.4, 0.5) is 5.69 Å². The van der Waals surface area contributed by atoms with Crippen LogP contribution in [-0.4, -0.2) is 12.5 Å². The van der Waals surface area contributed by atoms with Crippen molar-refractivity contribution >= 4 is 11.6 Å². The fraction of sp³-hybridized carbons (Fsp3) is 0.250. The van der Waals surface area contributed by atoms with Gasteiger partial charge < -0.3 is 11.1 Å². The molecular weight excluding hydrogens is 188 g/mol. The van der Waals surface area contributed by atoms with Crippen molar-refractivity contribution in [1.29, 1.82) is 0 Å². The van der Waals surface area contributed by atoms with Gasteiger partial charge in [0.1, 0.15) is 0 Å². The van der Waals surface area contributed by atoms with Crippen molar-refractivity contribution in [3.05, 3.63) is 41.5 Å². The number of hydrogen-bond acceptors (Lipinski definition) is 2. The van der Waals surface area contributed by atoms with Crippen LogP contribution in [0.2, 0.25) is 0 Å². The number of nitrogens with one attached hydrogen (secondary N) is 1. The molecule has 0 fully saturated rings. The molecule has 0 aliphatic rings. The third kappa shape index (κ3) is 3.85. The van der Waals surface area contributed by atoms with E-state index in [0.29, 0.717) is 5.56 Å². The smallest absolute Gasteiger partial charge is 0.248 e. The molecule has 0 saturated carbocycles. The number of amides is 1. The van der Waals surface area contributed by atoms with Gasteiger partial charge in [0.15, 0.2) is 0 Å². The van der Waals surface area contributed by atoms with Crippen molar-refractivity contribution in [2.75, 3.05) is 11.9 Å². The lowest BCUT2D eigenvalue weighted by Crippen LogP contribution is -2.10. The van der Waals surface area contributed by atoms with E-state index in [-0.39, 0.29) is 0 Å². The number of nitrogens with two attached hydrogens (primary N) is 1. The Morgan fingerprint density at radius 3 is 2.40 bits per heavy atom. The lowest BCUT2D eigenvalue weighted by molar-refractivity contribution is 0.100. The van der Waals surface area contributed by atoms with E-state index < -0.39 is 5.91 Å². The highest BCUT2D eigenvalue weighted by molar-refractivity contribution is 5.93. The summed E-state index contributed by atoms with van der Waals surface area (Å²) in [6.45, 7) is 4.90. The summed E-state index contributed by atoms with van der Waals surface area (Å²) < 4.78 is 0. The van der Waals surface area contributed by atoms with E-state index in [1.807, 2.05) is 12.1 Å². The summed E-state index contributed by atoms with van der Waals surface area (Å²) in [5.41, 5.74) is 7.92. The minimum atomic E-state index is -0.397. The van der Waals surface area contributed by atoms with Crippen LogP contribution in [0.25, 0.3) is 0 Å². The van der Waals surface area contributed by atoms with E-state index in [1.165, 1.54) is 5.57 Å². The maximum atomic E-state index is 10.8. The maximum absolute atomic E-state index is 10.8. The molecule has 15 heavy (non-hydrogen) atoms. The van der Waals surface area contributed by atoms with Gasteiger partial charge in [-0.2, -0.15) is 0 Å². The third-order valence-electron chi connectivity index (χ3n) is 1.99. The minimum absolute atomic E-state index is 0.397. The molecule has 0 radical (unpaired) electrons. The highest BCUT2D eigenvalue weighted by atomic mass is 16.1. The van der Waals surface area contributed by atoms with E-state index in [0.717, 1.165) is 12.2 Å². The normalized spacial score (nSPS) is 9.47. The highest BCUT2D eigenvalue weighted by Crippen LogP contribution is 2.08. The maximum Gasteiger partial charge on any atom is 0.248 e. The molecule has 0 saturated heterocycles. The van der Waals surface area contributed by atoms with Crippen LogP contribution >= 0.6 is 0 Å². The molecule has 1 rings (SSSR count). The molecule has 80 valence electrons. The monoisotopic (exact) mass is 204 g/mol. The third-order valence-corrected chi connectivity index (χ3v) is 1.99. The summed E-state index contributed by atoms with van der Waals surface area (Å²) >= 11 is 0. The van der Waals surface area contributed by atoms with Gasteiger partial charge in [0.05, 0.1) is 0 Å². The highest BCUT2D eigenvalue weighted by Gasteiger charge is 1.98. The van der Waals surface area contributed by atoms with Gasteiger partial charge in [0.2, 0.25) is 5.91 Å². The molecule has 0 aliphatic heterocycles. The van der Waals surface area contributed by atoms with Gasteiger partial charge in [-0.15, -0.1) is 0 Å². The van der Waals surface area contributed by atoms with Crippen molar-refractivity contribution in [2.24, 2.45) is 5.73 Å². The summed E-state index contributed by atoms with van der Waals surface area (Å²) in [6.07, 6.45) is 2.10. The number of carbonyl (C=O) groups is 1. The van der Waals surface area contributed by atoms with E-state index in [2.05, 4.69) is 25.2 Å². The lowest BCUT2D eigenvalue weighted by Gasteiger charge is -2.04. The topological polar surface area (TPSA) is 55.1 Å². The quantitative estimate of drug-likeness (QED) is 0.738. The zero-order valence-electron chi connectivity index (χ0n) is 9.08. The Morgan fingerprint density at radius 1 is 1.33 bits per heavy atom. The first kappa shape index (κ1) is 11.3. The van der Waals surface area contributed by atoms with Gasteiger partial charge in [-0.1, -0.05) is 11.6 Å². The van der Waals surface area contributed by atoms with Crippen LogP contribution < -0.4 is 11.1 Å². The summed E-state index contributed by atoms with van der Waals surface area (Å²) in [4.78, 5) is 10.8. The Kier molecular flexibility index (Phi) is 3.92. The van der Waals surface area contributed by atoms with Gasteiger partial charge in [-0.05, 0) is 38.1 Å². The minimum Gasteiger partial charge on any atom is -0.382 e. The number of allylic oxidation sites excluding steroid dienone is 1. The average molecular weight is 204 g/mol. The average Bonchev–Trinajstić information content (AvgIpc) is 2.18. The van der Waals surface area contributed by atoms with Gasteiger partial charge >= 0.3 is 0 Å². The second kappa shape index (κ2) is 5.20. The molecule has 1 aromatic carbocycles. The molecule has 3 N–H and O–H groups in total. The van der Waals surface area contributed by atoms with E-state index in [1.54, 1.807) is 12.1 Å². The number of carbonyl (C=O) groups excluding carboxylic acids is 1. The zero-order chi connectivity index (χ0) is 11.3. The largest absolute Gasteiger partial charge is 0.382 e. The Hall–Kier alpha value is -1.77. The van der Waals surface area contributed by atoms with Crippen molar-refractivity contribution in [2.45, 2.75) is 13.8 Å². The fourth-order valence-corrected chi connectivity index (χ4v) is 1.13. The molecule has 0 bridgehead atoms. The fourth-order valence-electron chi connectivity index (χ4n) is 1.13. The Balaban J connectivity index is 2.57. The van der Waals surface area contributed by atoms with Crippen LogP contribution in [0.1, 0.15) is 24.2 Å². The second-order valence-corrected chi connectivity index (χ2v) is 3.60. The van der Waals surface area contributed by atoms with Crippen LogP contribution in [0, 0.1) is 0 Å². The molecule has 0 heterocycles. The van der Waals surface area contributed by atoms with E-state index in [9.17, 15) is 4.79 Å². The van der Waals surface area contributed by atoms with Gasteiger partial charge in [0.25, 0.3) is 0 Å². The van der Waals surface area contributed by atoms with Crippen LogP contribution in [-0.2, 0) is 0 Å². The van der Waals surface area contributed by atoms with Gasteiger partial charge in [0, 0.05) is 17.8 Å². The zero-order valence-corrected chi connectivity index (χ0v) is 9.08. The summed E-state index contributed by atoms with van der Waals surface area (Å²) in [5, 5.41) is 3.21. The molecule has 0 aliphatic carbocycles. The van der Waals surface area contributed by atoms with Gasteiger partial charge in [-0.25, -0.2) is 0 Å². The number of benzene rings is 1. The van der Waals surface area contributed by atoms with Crippen molar-refractivity contribution in [3.8, 4) is 0 Å². The standard InChI is InChI=1S/C12H16N2O/c1-9(2)7-8-14-11-5-3-10(4-6-11)12(13)15/h3-7,14H,8H2,1-2H3,(H2,13,15). The molecule has 3 heteroatoms. The van der Waals surface area contributed by atoms with Crippen LogP contribution in [0.3, 0.4) is 0 Å². The van der Waals surface area contributed by atoms with Crippen molar-refractivity contribution in [1.82, 2.24) is 0 Å². The van der Waals surface area contributed by atoms with E-state index >= 15 is 0 Å². The predicted octanol–water partition coefficient (Wildman–Crippen LogP) is 2.16. The predicted molar refractivity (Wildman–Crippen MR) is 62.9 cm³/mol. The van der Waals surface area contributed by atoms with Crippen LogP contribution in [0.15, 0.2) is 35.9 Å². The Morgan fingerprint density at radius 2 is 1.93 bits per heavy atom. The number of hydrogen-bond donors (Lipinski definition) is 2. The molecule has 1 aromatic rings. The molecule has 0 spiro atoms. The van der Waals surface area contributed by atoms with E-state index in [4.69, 9.17) is 5.73 Å². The molecule has 0 aromatic heterocycles. The van der Waals surface area contributed by atoms with Crippen LogP contribution in [0.5, 0.6) is 0 Å². The molecule has 3 nitrogen and oxygen atoms in total. The molecular formula is C12H16N2O. The number of rotatable bonds is 4. The number of primary amides is 1. The summed E-state index contributed by atoms with van der Waals surface area (Å²) in [6, 6.07) is 7.12. The number of anilines is 1. The molecule has 0 unspecified atom stereocenters. The first-order valence-electron chi connectivity index (χ1n) is 4.86. The van der Waals surface area contributed by atoms with Crippen molar-refractivity contribution < 1.29 is 4.79 Å². The first-order chi connectivity index (χ1) is 7.09.